The van der Waals surface area contributed by atoms with Crippen LogP contribution >= 0.6 is 22.7 Å². The second kappa shape index (κ2) is 7.26. The predicted octanol–water partition coefficient (Wildman–Crippen LogP) is 3.15. The van der Waals surface area contributed by atoms with Crippen LogP contribution in [0.3, 0.4) is 0 Å². The number of amides is 1. The number of rotatable bonds is 6. The largest absolute Gasteiger partial charge is 0.484 e. The summed E-state index contributed by atoms with van der Waals surface area (Å²) in [5.74, 6) is 0.529. The summed E-state index contributed by atoms with van der Waals surface area (Å²) in [5, 5.41) is 7.33. The average Bonchev–Trinajstić information content (AvgIpc) is 3.20. The molecule has 0 fully saturated rings. The topological polar surface area (TPSA) is 77.2 Å². The number of thiophene rings is 1. The minimum atomic E-state index is -0.153. The number of carbonyl (C=O) groups is 1. The fourth-order valence-corrected chi connectivity index (χ4v) is 3.43. The Labute approximate surface area is 141 Å². The van der Waals surface area contributed by atoms with Crippen LogP contribution in [0.25, 0.3) is 10.6 Å². The van der Waals surface area contributed by atoms with Gasteiger partial charge in [0.1, 0.15) is 5.75 Å². The van der Waals surface area contributed by atoms with Crippen LogP contribution in [0.2, 0.25) is 0 Å². The van der Waals surface area contributed by atoms with Crippen molar-refractivity contribution < 1.29 is 9.53 Å². The number of ether oxygens (including phenoxy) is 1. The van der Waals surface area contributed by atoms with Crippen LogP contribution in [0.5, 0.6) is 5.75 Å². The number of thiazole rings is 1. The van der Waals surface area contributed by atoms with Crippen molar-refractivity contribution in [3.05, 3.63) is 52.7 Å². The molecule has 5 nitrogen and oxygen atoms in total. The van der Waals surface area contributed by atoms with Gasteiger partial charge in [0.2, 0.25) is 0 Å². The highest BCUT2D eigenvalue weighted by atomic mass is 32.1. The summed E-state index contributed by atoms with van der Waals surface area (Å²) >= 11 is 3.00. The van der Waals surface area contributed by atoms with Crippen molar-refractivity contribution in [1.82, 2.24) is 10.3 Å². The van der Waals surface area contributed by atoms with Crippen LogP contribution in [0.4, 0.5) is 5.13 Å². The van der Waals surface area contributed by atoms with Gasteiger partial charge in [-0.2, -0.15) is 0 Å². The maximum Gasteiger partial charge on any atom is 0.258 e. The smallest absolute Gasteiger partial charge is 0.258 e. The lowest BCUT2D eigenvalue weighted by molar-refractivity contribution is -0.123. The van der Waals surface area contributed by atoms with E-state index in [1.54, 1.807) is 11.3 Å². The lowest BCUT2D eigenvalue weighted by Gasteiger charge is -2.06. The Morgan fingerprint density at radius 3 is 2.78 bits per heavy atom. The number of hydrogen-bond donors (Lipinski definition) is 2. The van der Waals surface area contributed by atoms with Gasteiger partial charge in [-0.3, -0.25) is 4.79 Å². The minimum Gasteiger partial charge on any atom is -0.484 e. The van der Waals surface area contributed by atoms with Gasteiger partial charge in [-0.1, -0.05) is 18.2 Å². The Morgan fingerprint density at radius 2 is 2.04 bits per heavy atom. The zero-order valence-corrected chi connectivity index (χ0v) is 13.8. The average molecular weight is 345 g/mol. The van der Waals surface area contributed by atoms with Crippen LogP contribution in [-0.4, -0.2) is 17.5 Å². The van der Waals surface area contributed by atoms with Crippen molar-refractivity contribution >= 4 is 33.7 Å². The number of para-hydroxylation sites is 1. The minimum absolute atomic E-state index is 0.00360. The molecule has 0 saturated carbocycles. The van der Waals surface area contributed by atoms with Gasteiger partial charge in [0.25, 0.3) is 5.91 Å². The Hall–Kier alpha value is -2.38. The lowest BCUT2D eigenvalue weighted by Crippen LogP contribution is -2.28. The van der Waals surface area contributed by atoms with E-state index in [9.17, 15) is 4.79 Å². The summed E-state index contributed by atoms with van der Waals surface area (Å²) in [6, 6.07) is 11.3. The lowest BCUT2D eigenvalue weighted by atomic mass is 10.3. The van der Waals surface area contributed by atoms with Gasteiger partial charge >= 0.3 is 0 Å². The molecular formula is C16H15N3O2S2. The van der Waals surface area contributed by atoms with Gasteiger partial charge < -0.3 is 15.8 Å². The molecule has 1 aromatic carbocycles. The van der Waals surface area contributed by atoms with E-state index in [1.807, 2.05) is 47.2 Å². The first-order chi connectivity index (χ1) is 11.2. The van der Waals surface area contributed by atoms with Crippen LogP contribution in [0.15, 0.2) is 47.2 Å². The van der Waals surface area contributed by atoms with E-state index < -0.39 is 0 Å². The van der Waals surface area contributed by atoms with E-state index in [-0.39, 0.29) is 12.5 Å². The molecule has 1 amide bonds. The molecule has 0 atom stereocenters. The Balaban J connectivity index is 1.48. The van der Waals surface area contributed by atoms with E-state index in [2.05, 4.69) is 10.3 Å². The second-order valence-electron chi connectivity index (χ2n) is 4.77. The molecule has 0 radical (unpaired) electrons. The first kappa shape index (κ1) is 15.5. The quantitative estimate of drug-likeness (QED) is 0.719. The van der Waals surface area contributed by atoms with Crippen LogP contribution < -0.4 is 15.8 Å². The van der Waals surface area contributed by atoms with Crippen molar-refractivity contribution in [2.75, 3.05) is 12.3 Å². The molecule has 2 heterocycles. The normalized spacial score (nSPS) is 10.4. The fourth-order valence-electron chi connectivity index (χ4n) is 1.92. The molecule has 0 saturated heterocycles. The number of aromatic nitrogens is 1. The fraction of sp³-hybridized carbons (Fsp3) is 0.125. The third-order valence-electron chi connectivity index (χ3n) is 3.03. The second-order valence-corrected chi connectivity index (χ2v) is 6.57. The monoisotopic (exact) mass is 345 g/mol. The molecule has 23 heavy (non-hydrogen) atoms. The van der Waals surface area contributed by atoms with Crippen LogP contribution in [-0.2, 0) is 11.3 Å². The summed E-state index contributed by atoms with van der Waals surface area (Å²) in [7, 11) is 0. The number of nitrogens with two attached hydrogens (primary N) is 1. The first-order valence-electron chi connectivity index (χ1n) is 6.94. The zero-order valence-electron chi connectivity index (χ0n) is 12.2. The molecule has 0 unspecified atom stereocenters. The summed E-state index contributed by atoms with van der Waals surface area (Å²) < 4.78 is 5.40. The van der Waals surface area contributed by atoms with E-state index in [4.69, 9.17) is 10.5 Å². The molecule has 0 spiro atoms. The highest BCUT2D eigenvalue weighted by molar-refractivity contribution is 7.15. The Morgan fingerprint density at radius 1 is 1.22 bits per heavy atom. The summed E-state index contributed by atoms with van der Waals surface area (Å²) in [5.41, 5.74) is 7.55. The SMILES string of the molecule is Nc1nc(-c2cc(CNC(=O)COc3ccccc3)cs2)cs1. The van der Waals surface area contributed by atoms with Gasteiger partial charge in [-0.05, 0) is 29.1 Å². The molecule has 3 rings (SSSR count). The van der Waals surface area contributed by atoms with Crippen molar-refractivity contribution in [3.63, 3.8) is 0 Å². The van der Waals surface area contributed by atoms with Crippen molar-refractivity contribution in [1.29, 1.82) is 0 Å². The molecule has 0 bridgehead atoms. The molecular weight excluding hydrogens is 330 g/mol. The molecule has 118 valence electrons. The van der Waals surface area contributed by atoms with E-state index in [0.29, 0.717) is 17.4 Å². The molecule has 7 heteroatoms. The van der Waals surface area contributed by atoms with Crippen LogP contribution in [0, 0.1) is 0 Å². The molecule has 3 N–H and O–H groups in total. The molecule has 3 aromatic rings. The number of hydrogen-bond acceptors (Lipinski definition) is 6. The zero-order chi connectivity index (χ0) is 16.1. The molecule has 0 aliphatic rings. The molecule has 0 aliphatic carbocycles. The standard InChI is InChI=1S/C16H15N3O2S2/c17-16-19-13(10-23-16)14-6-11(9-22-14)7-18-15(20)8-21-12-4-2-1-3-5-12/h1-6,9-10H,7-8H2,(H2,17,19)(H,18,20). The highest BCUT2D eigenvalue weighted by Gasteiger charge is 2.08. The van der Waals surface area contributed by atoms with Gasteiger partial charge in [-0.15, -0.1) is 22.7 Å². The first-order valence-corrected chi connectivity index (χ1v) is 8.70. The van der Waals surface area contributed by atoms with Gasteiger partial charge in [0, 0.05) is 11.9 Å². The van der Waals surface area contributed by atoms with Crippen LogP contribution in [0.1, 0.15) is 5.56 Å². The number of benzene rings is 1. The third kappa shape index (κ3) is 4.30. The van der Waals surface area contributed by atoms with Crippen molar-refractivity contribution in [2.24, 2.45) is 0 Å². The third-order valence-corrected chi connectivity index (χ3v) is 4.71. The number of carbonyl (C=O) groups excluding carboxylic acids is 1. The van der Waals surface area contributed by atoms with E-state index >= 15 is 0 Å². The number of nitrogens with one attached hydrogen (secondary N) is 1. The van der Waals surface area contributed by atoms with Crippen molar-refractivity contribution in [2.45, 2.75) is 6.54 Å². The summed E-state index contributed by atoms with van der Waals surface area (Å²) in [6.07, 6.45) is 0. The number of nitrogen functional groups attached to an aromatic ring is 1. The van der Waals surface area contributed by atoms with Crippen molar-refractivity contribution in [3.8, 4) is 16.3 Å². The Bertz CT molecular complexity index is 783. The molecule has 0 aliphatic heterocycles. The molecule has 2 aromatic heterocycles. The summed E-state index contributed by atoms with van der Waals surface area (Å²) in [4.78, 5) is 17.1. The maximum atomic E-state index is 11.8. The maximum absolute atomic E-state index is 11.8. The van der Waals surface area contributed by atoms with Gasteiger partial charge in [-0.25, -0.2) is 4.98 Å². The van der Waals surface area contributed by atoms with Gasteiger partial charge in [0.15, 0.2) is 11.7 Å². The van der Waals surface area contributed by atoms with E-state index in [1.165, 1.54) is 11.3 Å². The highest BCUT2D eigenvalue weighted by Crippen LogP contribution is 2.29. The Kier molecular flexibility index (Phi) is 4.89. The predicted molar refractivity (Wildman–Crippen MR) is 93.6 cm³/mol. The number of nitrogens with zero attached hydrogens (tertiary/aromatic N) is 1. The van der Waals surface area contributed by atoms with E-state index in [0.717, 1.165) is 16.1 Å². The summed E-state index contributed by atoms with van der Waals surface area (Å²) in [6.45, 7) is 0.469. The number of anilines is 1. The van der Waals surface area contributed by atoms with Gasteiger partial charge in [0.05, 0.1) is 10.6 Å².